The molecule has 1 spiro atoms. The molecule has 0 saturated heterocycles. The summed E-state index contributed by atoms with van der Waals surface area (Å²) < 4.78 is 5.93. The molecule has 0 fully saturated rings. The lowest BCUT2D eigenvalue weighted by Gasteiger charge is -2.33. The van der Waals surface area contributed by atoms with E-state index in [0.29, 0.717) is 16.3 Å². The van der Waals surface area contributed by atoms with Crippen molar-refractivity contribution < 1.29 is 19.1 Å². The molecule has 7 nitrogen and oxygen atoms in total. The normalized spacial score (nSPS) is 18.6. The van der Waals surface area contributed by atoms with Gasteiger partial charge in [0.2, 0.25) is 5.76 Å². The Balaban J connectivity index is 1.64. The highest BCUT2D eigenvalue weighted by molar-refractivity contribution is 6.30. The quantitative estimate of drug-likeness (QED) is 0.475. The van der Waals surface area contributed by atoms with E-state index >= 15 is 0 Å². The molecule has 174 valence electrons. The van der Waals surface area contributed by atoms with Crippen LogP contribution in [0.5, 0.6) is 0 Å². The maximum atomic E-state index is 14.4. The summed E-state index contributed by atoms with van der Waals surface area (Å²) in [4.78, 5) is 44.7. The number of carbonyl (C=O) groups excluding carboxylic acids is 2. The predicted octanol–water partition coefficient (Wildman–Crippen LogP) is 3.68. The highest BCUT2D eigenvalue weighted by Gasteiger charge is 2.64. The fourth-order valence-corrected chi connectivity index (χ4v) is 5.39. The monoisotopic (exact) mass is 486 g/mol. The van der Waals surface area contributed by atoms with Crippen LogP contribution in [0.3, 0.4) is 0 Å². The number of hydrogen-bond acceptors (Lipinski definition) is 5. The maximum absolute atomic E-state index is 14.4. The standard InChI is InChI=1S/C27H19ClN2O5/c28-17-11-9-16(10-12-17)15-29-20-7-3-2-6-19(20)27(26(29)34)22-23(32)18-5-1-4-8-21(18)35-24(22)25(33)30(27)13-14-31/h1-12,31H,13-15H2. The molecule has 0 bridgehead atoms. The zero-order valence-electron chi connectivity index (χ0n) is 18.4. The van der Waals surface area contributed by atoms with Crippen molar-refractivity contribution in [2.24, 2.45) is 0 Å². The predicted molar refractivity (Wildman–Crippen MR) is 130 cm³/mol. The molecule has 1 aromatic heterocycles. The summed E-state index contributed by atoms with van der Waals surface area (Å²) in [5, 5.41) is 10.7. The van der Waals surface area contributed by atoms with Crippen LogP contribution in [0.2, 0.25) is 5.02 Å². The average Bonchev–Trinajstić information content (AvgIpc) is 3.26. The second-order valence-electron chi connectivity index (χ2n) is 8.56. The Labute approximate surface area is 204 Å². The third kappa shape index (κ3) is 2.85. The molecule has 3 heterocycles. The third-order valence-corrected chi connectivity index (χ3v) is 6.97. The van der Waals surface area contributed by atoms with Gasteiger partial charge in [0.15, 0.2) is 11.0 Å². The molecule has 4 aromatic rings. The molecule has 0 radical (unpaired) electrons. The van der Waals surface area contributed by atoms with E-state index in [2.05, 4.69) is 0 Å². The van der Waals surface area contributed by atoms with E-state index in [1.807, 2.05) is 12.1 Å². The molecule has 1 N–H and O–H groups in total. The SMILES string of the molecule is O=C1c2oc3ccccc3c(=O)c2C2(C(=O)N(Cc3ccc(Cl)cc3)c3ccccc32)N1CCO. The van der Waals surface area contributed by atoms with Crippen LogP contribution >= 0.6 is 11.6 Å². The van der Waals surface area contributed by atoms with Crippen LogP contribution in [0.25, 0.3) is 11.0 Å². The minimum absolute atomic E-state index is 0.00861. The molecule has 6 rings (SSSR count). The number of fused-ring (bicyclic) bond motifs is 5. The minimum Gasteiger partial charge on any atom is -0.450 e. The number of amides is 2. The number of β-amino-alcohol motifs (C(OH)–C–C–N with tert-alkyl or cyclic N) is 1. The molecule has 35 heavy (non-hydrogen) atoms. The third-order valence-electron chi connectivity index (χ3n) is 6.72. The molecule has 2 aliphatic rings. The summed E-state index contributed by atoms with van der Waals surface area (Å²) >= 11 is 6.03. The number of carbonyl (C=O) groups is 2. The molecular formula is C27H19ClN2O5. The summed E-state index contributed by atoms with van der Waals surface area (Å²) in [6.45, 7) is -0.320. The summed E-state index contributed by atoms with van der Waals surface area (Å²) in [6, 6.07) is 20.9. The number of anilines is 1. The maximum Gasteiger partial charge on any atom is 0.291 e. The second kappa shape index (κ2) is 7.80. The number of halogens is 1. The number of rotatable bonds is 4. The molecule has 3 aromatic carbocycles. The highest BCUT2D eigenvalue weighted by Crippen LogP contribution is 2.52. The van der Waals surface area contributed by atoms with Gasteiger partial charge in [-0.1, -0.05) is 54.1 Å². The van der Waals surface area contributed by atoms with Gasteiger partial charge in [-0.15, -0.1) is 0 Å². The van der Waals surface area contributed by atoms with Crippen LogP contribution in [0.4, 0.5) is 5.69 Å². The van der Waals surface area contributed by atoms with E-state index in [-0.39, 0.29) is 42.0 Å². The van der Waals surface area contributed by atoms with Gasteiger partial charge in [0.25, 0.3) is 11.8 Å². The lowest BCUT2D eigenvalue weighted by atomic mass is 9.84. The fourth-order valence-electron chi connectivity index (χ4n) is 5.27. The van der Waals surface area contributed by atoms with E-state index in [1.165, 1.54) is 4.90 Å². The number of benzene rings is 3. The van der Waals surface area contributed by atoms with Gasteiger partial charge in [0.1, 0.15) is 5.58 Å². The van der Waals surface area contributed by atoms with Crippen LogP contribution in [0.1, 0.15) is 27.2 Å². The van der Waals surface area contributed by atoms with E-state index in [9.17, 15) is 19.5 Å². The average molecular weight is 487 g/mol. The van der Waals surface area contributed by atoms with E-state index in [1.54, 1.807) is 65.6 Å². The zero-order valence-corrected chi connectivity index (χ0v) is 19.2. The fraction of sp³-hybridized carbons (Fsp3) is 0.148. The molecule has 2 amide bonds. The highest BCUT2D eigenvalue weighted by atomic mass is 35.5. The van der Waals surface area contributed by atoms with Crippen LogP contribution < -0.4 is 10.3 Å². The number of para-hydroxylation sites is 2. The molecule has 8 heteroatoms. The van der Waals surface area contributed by atoms with Gasteiger partial charge in [-0.2, -0.15) is 0 Å². The first-order chi connectivity index (χ1) is 17.0. The topological polar surface area (TPSA) is 91.1 Å². The number of hydrogen-bond donors (Lipinski definition) is 1. The Hall–Kier alpha value is -3.94. The van der Waals surface area contributed by atoms with E-state index in [0.717, 1.165) is 5.56 Å². The van der Waals surface area contributed by atoms with Crippen LogP contribution in [-0.2, 0) is 16.9 Å². The van der Waals surface area contributed by atoms with Gasteiger partial charge in [0.05, 0.1) is 29.8 Å². The van der Waals surface area contributed by atoms with Gasteiger partial charge in [-0.3, -0.25) is 14.4 Å². The van der Waals surface area contributed by atoms with Crippen molar-refractivity contribution in [2.75, 3.05) is 18.1 Å². The Kier molecular flexibility index (Phi) is 4.81. The first kappa shape index (κ1) is 21.6. The van der Waals surface area contributed by atoms with Crippen LogP contribution in [0.15, 0.2) is 82.0 Å². The van der Waals surface area contributed by atoms with Gasteiger partial charge >= 0.3 is 0 Å². The number of aliphatic hydroxyl groups is 1. The zero-order chi connectivity index (χ0) is 24.3. The second-order valence-corrected chi connectivity index (χ2v) is 8.99. The first-order valence-corrected chi connectivity index (χ1v) is 11.5. The lowest BCUT2D eigenvalue weighted by molar-refractivity contribution is -0.126. The molecule has 2 aliphatic heterocycles. The molecule has 0 saturated carbocycles. The van der Waals surface area contributed by atoms with E-state index in [4.69, 9.17) is 16.0 Å². The Morgan fingerprint density at radius 2 is 1.63 bits per heavy atom. The van der Waals surface area contributed by atoms with Crippen molar-refractivity contribution in [3.8, 4) is 0 Å². The Morgan fingerprint density at radius 1 is 0.914 bits per heavy atom. The van der Waals surface area contributed by atoms with Crippen molar-refractivity contribution in [1.29, 1.82) is 0 Å². The minimum atomic E-state index is -1.73. The summed E-state index contributed by atoms with van der Waals surface area (Å²) in [5.74, 6) is -1.22. The molecular weight excluding hydrogens is 468 g/mol. The first-order valence-electron chi connectivity index (χ1n) is 11.1. The lowest BCUT2D eigenvalue weighted by Crippen LogP contribution is -2.54. The van der Waals surface area contributed by atoms with Crippen molar-refractivity contribution in [3.63, 3.8) is 0 Å². The largest absolute Gasteiger partial charge is 0.450 e. The van der Waals surface area contributed by atoms with Crippen molar-refractivity contribution in [3.05, 3.63) is 110 Å². The molecule has 0 aliphatic carbocycles. The number of aliphatic hydroxyl groups excluding tert-OH is 1. The molecule has 1 unspecified atom stereocenters. The van der Waals surface area contributed by atoms with Crippen molar-refractivity contribution in [2.45, 2.75) is 12.1 Å². The van der Waals surface area contributed by atoms with Gasteiger partial charge in [-0.25, -0.2) is 0 Å². The smallest absolute Gasteiger partial charge is 0.291 e. The van der Waals surface area contributed by atoms with E-state index < -0.39 is 22.8 Å². The van der Waals surface area contributed by atoms with Gasteiger partial charge in [-0.05, 0) is 35.9 Å². The number of nitrogens with zero attached hydrogens (tertiary/aromatic N) is 2. The summed E-state index contributed by atoms with van der Waals surface area (Å²) in [5.41, 5.74) is 0.00673. The van der Waals surface area contributed by atoms with Crippen molar-refractivity contribution >= 4 is 40.1 Å². The Bertz CT molecular complexity index is 1580. The van der Waals surface area contributed by atoms with Gasteiger partial charge < -0.3 is 19.3 Å². The summed E-state index contributed by atoms with van der Waals surface area (Å²) in [7, 11) is 0. The molecule has 1 atom stereocenters. The summed E-state index contributed by atoms with van der Waals surface area (Å²) in [6.07, 6.45) is 0. The van der Waals surface area contributed by atoms with Crippen LogP contribution in [-0.4, -0.2) is 35.0 Å². The van der Waals surface area contributed by atoms with Crippen molar-refractivity contribution in [1.82, 2.24) is 4.90 Å². The Morgan fingerprint density at radius 3 is 2.40 bits per heavy atom. The van der Waals surface area contributed by atoms with Gasteiger partial charge in [0, 0.05) is 17.1 Å². The van der Waals surface area contributed by atoms with Crippen LogP contribution in [0, 0.1) is 0 Å².